The molecule has 50 valence electrons. The van der Waals surface area contributed by atoms with Gasteiger partial charge in [0.1, 0.15) is 0 Å². The highest BCUT2D eigenvalue weighted by Crippen LogP contribution is 1.93. The van der Waals surface area contributed by atoms with Crippen LogP contribution < -0.4 is 11.4 Å². The number of hydrazine groups is 3. The number of rotatable bonds is 2. The maximum Gasteiger partial charge on any atom is 0.411 e. The minimum atomic E-state index is 0.935. The molecule has 0 aromatic carbocycles. The van der Waals surface area contributed by atoms with E-state index in [0.29, 0.717) is 0 Å². The fraction of sp³-hybridized carbons (Fsp3) is 0.600. The van der Waals surface area contributed by atoms with Gasteiger partial charge in [0.15, 0.2) is 0 Å². The van der Waals surface area contributed by atoms with Crippen molar-refractivity contribution < 1.29 is 0 Å². The Kier molecular flexibility index (Phi) is 1.85. The summed E-state index contributed by atoms with van der Waals surface area (Å²) in [6.07, 6.45) is 5.64. The second-order valence-electron chi connectivity index (χ2n) is 1.92. The highest BCUT2D eigenvalue weighted by atomic mass is 15.8. The van der Waals surface area contributed by atoms with Crippen LogP contribution in [0.5, 0.6) is 0 Å². The Morgan fingerprint density at radius 1 is 1.78 bits per heavy atom. The third kappa shape index (κ3) is 1.54. The summed E-state index contributed by atoms with van der Waals surface area (Å²) in [6.45, 7) is 3.03. The first kappa shape index (κ1) is 6.29. The fourth-order valence-corrected chi connectivity index (χ4v) is 0.667. The lowest BCUT2D eigenvalue weighted by atomic mass is 10.5. The SMILES string of the molecule is CCCN1[C+]=CN(N)N1. The Hall–Kier alpha value is -0.830. The van der Waals surface area contributed by atoms with Crippen molar-refractivity contribution >= 4 is 0 Å². The number of hydrogen-bond donors (Lipinski definition) is 2. The lowest BCUT2D eigenvalue weighted by Crippen LogP contribution is -2.43. The van der Waals surface area contributed by atoms with Gasteiger partial charge in [-0.3, -0.25) is 0 Å². The molecule has 0 fully saturated rings. The molecule has 3 N–H and O–H groups in total. The van der Waals surface area contributed by atoms with Crippen molar-refractivity contribution in [3.63, 3.8) is 0 Å². The van der Waals surface area contributed by atoms with E-state index in [2.05, 4.69) is 18.7 Å². The molecule has 1 rings (SSSR count). The van der Waals surface area contributed by atoms with E-state index in [-0.39, 0.29) is 0 Å². The van der Waals surface area contributed by atoms with E-state index in [1.165, 1.54) is 5.12 Å². The van der Waals surface area contributed by atoms with Gasteiger partial charge in [0.2, 0.25) is 0 Å². The molecule has 0 atom stereocenters. The van der Waals surface area contributed by atoms with Crippen LogP contribution in [-0.2, 0) is 0 Å². The van der Waals surface area contributed by atoms with Crippen LogP contribution in [0.4, 0.5) is 0 Å². The highest BCUT2D eigenvalue weighted by Gasteiger charge is 2.20. The van der Waals surface area contributed by atoms with Gasteiger partial charge >= 0.3 is 12.4 Å². The molecule has 0 spiro atoms. The third-order valence-electron chi connectivity index (χ3n) is 1.04. The van der Waals surface area contributed by atoms with E-state index >= 15 is 0 Å². The molecule has 0 bridgehead atoms. The Labute approximate surface area is 54.8 Å². The van der Waals surface area contributed by atoms with Crippen molar-refractivity contribution in [1.82, 2.24) is 15.7 Å². The average Bonchev–Trinajstić information content (AvgIpc) is 2.17. The summed E-state index contributed by atoms with van der Waals surface area (Å²) in [7, 11) is 0. The predicted octanol–water partition coefficient (Wildman–Crippen LogP) is -0.418. The first-order chi connectivity index (χ1) is 4.33. The van der Waals surface area contributed by atoms with Crippen molar-refractivity contribution in [3.05, 3.63) is 12.4 Å². The first-order valence-electron chi connectivity index (χ1n) is 3.00. The minimum Gasteiger partial charge on any atom is -0.227 e. The van der Waals surface area contributed by atoms with Gasteiger partial charge in [0.05, 0.1) is 6.54 Å². The molecule has 0 saturated carbocycles. The molecule has 0 amide bonds. The van der Waals surface area contributed by atoms with Crippen molar-refractivity contribution in [2.75, 3.05) is 6.54 Å². The van der Waals surface area contributed by atoms with Crippen LogP contribution in [0.2, 0.25) is 0 Å². The predicted molar refractivity (Wildman–Crippen MR) is 34.0 cm³/mol. The van der Waals surface area contributed by atoms with E-state index in [1.807, 2.05) is 0 Å². The lowest BCUT2D eigenvalue weighted by molar-refractivity contribution is 0.134. The minimum absolute atomic E-state index is 0.935. The van der Waals surface area contributed by atoms with E-state index in [0.717, 1.165) is 13.0 Å². The summed E-state index contributed by atoms with van der Waals surface area (Å²) in [5, 5.41) is 3.18. The molecule has 4 heteroatoms. The Morgan fingerprint density at radius 2 is 2.56 bits per heavy atom. The highest BCUT2D eigenvalue weighted by molar-refractivity contribution is 4.74. The van der Waals surface area contributed by atoms with Crippen LogP contribution in [0.3, 0.4) is 0 Å². The van der Waals surface area contributed by atoms with Crippen LogP contribution in [0, 0.1) is 6.20 Å². The molecular weight excluding hydrogens is 116 g/mol. The summed E-state index contributed by atoms with van der Waals surface area (Å²) in [5.41, 5.74) is 2.83. The molecule has 0 aromatic heterocycles. The van der Waals surface area contributed by atoms with E-state index < -0.39 is 0 Å². The zero-order valence-corrected chi connectivity index (χ0v) is 5.46. The van der Waals surface area contributed by atoms with Gasteiger partial charge in [-0.2, -0.15) is 5.12 Å². The number of hydrogen-bond acceptors (Lipinski definition) is 4. The molecule has 0 unspecified atom stereocenters. The molecule has 4 nitrogen and oxygen atoms in total. The molecule has 1 heterocycles. The van der Waals surface area contributed by atoms with Crippen molar-refractivity contribution in [3.8, 4) is 0 Å². The number of nitrogens with one attached hydrogen (secondary N) is 1. The molecule has 0 radical (unpaired) electrons. The van der Waals surface area contributed by atoms with Crippen molar-refractivity contribution in [2.45, 2.75) is 13.3 Å². The molecule has 1 aliphatic rings. The summed E-state index contributed by atoms with van der Waals surface area (Å²) in [5.74, 6) is 5.32. The van der Waals surface area contributed by atoms with Crippen LogP contribution in [0.15, 0.2) is 6.20 Å². The number of nitrogens with two attached hydrogens (primary N) is 1. The topological polar surface area (TPSA) is 44.5 Å². The van der Waals surface area contributed by atoms with Gasteiger partial charge < -0.3 is 0 Å². The quantitative estimate of drug-likeness (QED) is 0.390. The summed E-state index contributed by atoms with van der Waals surface area (Å²) in [6, 6.07) is 0. The molecule has 0 aliphatic carbocycles. The van der Waals surface area contributed by atoms with Gasteiger partial charge in [0, 0.05) is 0 Å². The molecular formula is C5H11N4+. The maximum absolute atomic E-state index is 5.32. The largest absolute Gasteiger partial charge is 0.411 e. The van der Waals surface area contributed by atoms with Gasteiger partial charge in [0.25, 0.3) is 0 Å². The Morgan fingerprint density at radius 3 is 3.00 bits per heavy atom. The normalized spacial score (nSPS) is 16.7. The van der Waals surface area contributed by atoms with Gasteiger partial charge in [-0.1, -0.05) is 17.5 Å². The zero-order chi connectivity index (χ0) is 6.69. The van der Waals surface area contributed by atoms with Crippen LogP contribution >= 0.6 is 0 Å². The van der Waals surface area contributed by atoms with Gasteiger partial charge in [-0.25, -0.2) is 5.84 Å². The van der Waals surface area contributed by atoms with E-state index in [9.17, 15) is 0 Å². The second kappa shape index (κ2) is 2.64. The van der Waals surface area contributed by atoms with Crippen LogP contribution in [-0.4, -0.2) is 16.7 Å². The Bertz CT molecular complexity index is 112. The standard InChI is InChI=1S/C5H11N4/c1-2-3-8-4-5-9(6)7-8/h5,7H,2-3,6H2,1H3/q+1. The monoisotopic (exact) mass is 127 g/mol. The zero-order valence-electron chi connectivity index (χ0n) is 5.46. The summed E-state index contributed by atoms with van der Waals surface area (Å²) < 4.78 is 0. The Balaban J connectivity index is 2.24. The van der Waals surface area contributed by atoms with Crippen molar-refractivity contribution in [1.29, 1.82) is 0 Å². The van der Waals surface area contributed by atoms with Crippen molar-refractivity contribution in [2.24, 2.45) is 5.84 Å². The van der Waals surface area contributed by atoms with E-state index in [1.54, 1.807) is 11.2 Å². The number of nitrogens with zero attached hydrogens (tertiary/aromatic N) is 2. The summed E-state index contributed by atoms with van der Waals surface area (Å²) in [4.78, 5) is 0. The van der Waals surface area contributed by atoms with Crippen LogP contribution in [0.25, 0.3) is 0 Å². The summed E-state index contributed by atoms with van der Waals surface area (Å²) >= 11 is 0. The smallest absolute Gasteiger partial charge is 0.227 e. The molecule has 9 heavy (non-hydrogen) atoms. The molecule has 0 aromatic rings. The molecule has 0 saturated heterocycles. The van der Waals surface area contributed by atoms with Gasteiger partial charge in [-0.15, -0.1) is 0 Å². The first-order valence-corrected chi connectivity index (χ1v) is 3.00. The second-order valence-corrected chi connectivity index (χ2v) is 1.92. The van der Waals surface area contributed by atoms with E-state index in [4.69, 9.17) is 5.84 Å². The fourth-order valence-electron chi connectivity index (χ4n) is 0.667. The molecule has 1 aliphatic heterocycles. The van der Waals surface area contributed by atoms with Gasteiger partial charge in [-0.05, 0) is 6.42 Å². The van der Waals surface area contributed by atoms with Crippen LogP contribution in [0.1, 0.15) is 13.3 Å². The average molecular weight is 127 g/mol. The lowest BCUT2D eigenvalue weighted by Gasteiger charge is -2.06. The third-order valence-corrected chi connectivity index (χ3v) is 1.04. The maximum atomic E-state index is 5.32.